The molecule has 1 fully saturated rings. The summed E-state index contributed by atoms with van der Waals surface area (Å²) >= 11 is 6.78. The lowest BCUT2D eigenvalue weighted by atomic mass is 10.1. The van der Waals surface area contributed by atoms with E-state index in [0.29, 0.717) is 15.0 Å². The summed E-state index contributed by atoms with van der Waals surface area (Å²) in [5.74, 6) is 0.161. The van der Waals surface area contributed by atoms with Crippen LogP contribution >= 0.6 is 24.0 Å². The first-order valence-electron chi connectivity index (χ1n) is 11.6. The molecular formula is C29H28N2O3S2. The zero-order valence-corrected chi connectivity index (χ0v) is 22.6. The number of thioether (sulfide) groups is 1. The van der Waals surface area contributed by atoms with E-state index in [1.165, 1.54) is 11.8 Å². The number of carbonyl (C=O) groups is 2. The lowest BCUT2D eigenvalue weighted by Crippen LogP contribution is -2.27. The molecule has 7 heteroatoms. The fourth-order valence-electron chi connectivity index (χ4n) is 4.10. The monoisotopic (exact) mass is 516 g/mol. The predicted octanol–water partition coefficient (Wildman–Crippen LogP) is 6.65. The van der Waals surface area contributed by atoms with Gasteiger partial charge in [-0.25, -0.2) is 0 Å². The molecule has 5 nitrogen and oxygen atoms in total. The molecule has 3 aromatic rings. The van der Waals surface area contributed by atoms with Crippen LogP contribution in [0.3, 0.4) is 0 Å². The van der Waals surface area contributed by atoms with Crippen LogP contribution in [0.15, 0.2) is 59.5 Å². The van der Waals surface area contributed by atoms with Crippen LogP contribution in [0.2, 0.25) is 0 Å². The first kappa shape index (κ1) is 25.7. The second kappa shape index (κ2) is 10.7. The van der Waals surface area contributed by atoms with Gasteiger partial charge in [0, 0.05) is 5.69 Å². The Labute approximate surface area is 221 Å². The minimum Gasteiger partial charge on any atom is -0.484 e. The number of hydrogen-bond acceptors (Lipinski definition) is 5. The summed E-state index contributed by atoms with van der Waals surface area (Å²) in [4.78, 5) is 27.8. The van der Waals surface area contributed by atoms with Crippen LogP contribution in [0, 0.1) is 34.6 Å². The Hall–Kier alpha value is -3.42. The van der Waals surface area contributed by atoms with Crippen molar-refractivity contribution >= 4 is 57.6 Å². The molecule has 2 amide bonds. The summed E-state index contributed by atoms with van der Waals surface area (Å²) in [6.07, 6.45) is 1.80. The maximum Gasteiger partial charge on any atom is 0.270 e. The van der Waals surface area contributed by atoms with Crippen LogP contribution in [0.1, 0.15) is 33.4 Å². The van der Waals surface area contributed by atoms with Crippen molar-refractivity contribution in [1.29, 1.82) is 0 Å². The number of benzene rings is 3. The Balaban J connectivity index is 1.44. The largest absolute Gasteiger partial charge is 0.484 e. The van der Waals surface area contributed by atoms with E-state index in [1.807, 2.05) is 77.1 Å². The molecule has 0 radical (unpaired) electrons. The van der Waals surface area contributed by atoms with Crippen LogP contribution in [0.4, 0.5) is 11.4 Å². The molecule has 0 spiro atoms. The number of anilines is 2. The molecule has 184 valence electrons. The zero-order valence-electron chi connectivity index (χ0n) is 21.0. The van der Waals surface area contributed by atoms with E-state index in [1.54, 1.807) is 23.1 Å². The summed E-state index contributed by atoms with van der Waals surface area (Å²) in [5, 5.41) is 2.94. The van der Waals surface area contributed by atoms with Gasteiger partial charge in [0.1, 0.15) is 5.75 Å². The van der Waals surface area contributed by atoms with Crippen molar-refractivity contribution in [2.75, 3.05) is 16.8 Å². The molecule has 0 unspecified atom stereocenters. The molecule has 3 aromatic carbocycles. The van der Waals surface area contributed by atoms with E-state index >= 15 is 0 Å². The van der Waals surface area contributed by atoms with E-state index in [9.17, 15) is 9.59 Å². The van der Waals surface area contributed by atoms with Gasteiger partial charge in [0.15, 0.2) is 10.9 Å². The highest BCUT2D eigenvalue weighted by molar-refractivity contribution is 8.27. The highest BCUT2D eigenvalue weighted by Crippen LogP contribution is 2.36. The van der Waals surface area contributed by atoms with Gasteiger partial charge in [-0.1, -0.05) is 59.9 Å². The highest BCUT2D eigenvalue weighted by atomic mass is 32.2. The summed E-state index contributed by atoms with van der Waals surface area (Å²) in [5.41, 5.74) is 7.82. The van der Waals surface area contributed by atoms with Crippen molar-refractivity contribution < 1.29 is 14.3 Å². The SMILES string of the molecule is Cc1cc(C)c(NC(=O)COc2cccc(/C=C3\SC(=S)N(c4ccc(C)c(C)c4)C3=O)c2)c(C)c1. The number of rotatable bonds is 6. The topological polar surface area (TPSA) is 58.6 Å². The van der Waals surface area contributed by atoms with Crippen molar-refractivity contribution in [1.82, 2.24) is 0 Å². The summed E-state index contributed by atoms with van der Waals surface area (Å²) < 4.78 is 6.24. The van der Waals surface area contributed by atoms with Crippen LogP contribution in [0.5, 0.6) is 5.75 Å². The highest BCUT2D eigenvalue weighted by Gasteiger charge is 2.33. The van der Waals surface area contributed by atoms with Crippen LogP contribution in [-0.4, -0.2) is 22.7 Å². The average Bonchev–Trinajstić information content (AvgIpc) is 3.09. The van der Waals surface area contributed by atoms with Crippen molar-refractivity contribution in [3.8, 4) is 5.75 Å². The molecule has 1 heterocycles. The summed E-state index contributed by atoms with van der Waals surface area (Å²) in [6, 6.07) is 17.3. The quantitative estimate of drug-likeness (QED) is 0.294. The van der Waals surface area contributed by atoms with Gasteiger partial charge in [-0.3, -0.25) is 14.5 Å². The van der Waals surface area contributed by atoms with Gasteiger partial charge in [0.2, 0.25) is 0 Å². The molecule has 0 atom stereocenters. The van der Waals surface area contributed by atoms with Gasteiger partial charge >= 0.3 is 0 Å². The predicted molar refractivity (Wildman–Crippen MR) is 153 cm³/mol. The first-order valence-corrected chi connectivity index (χ1v) is 12.8. The maximum absolute atomic E-state index is 13.1. The molecule has 0 bridgehead atoms. The number of nitrogens with one attached hydrogen (secondary N) is 1. The van der Waals surface area contributed by atoms with Crippen molar-refractivity contribution in [2.24, 2.45) is 0 Å². The van der Waals surface area contributed by atoms with Gasteiger partial charge < -0.3 is 10.1 Å². The van der Waals surface area contributed by atoms with Gasteiger partial charge in [-0.2, -0.15) is 0 Å². The fraction of sp³-hybridized carbons (Fsp3) is 0.207. The standard InChI is InChI=1S/C29H28N2O3S2/c1-17-11-20(4)27(21(5)12-17)30-26(32)16-34-24-8-6-7-22(14-24)15-25-28(33)31(29(35)36-25)23-10-9-18(2)19(3)13-23/h6-15H,16H2,1-5H3,(H,30,32)/b25-15-. The Morgan fingerprint density at radius 2 is 1.69 bits per heavy atom. The number of thiocarbonyl (C=S) groups is 1. The van der Waals surface area contributed by atoms with Crippen molar-refractivity contribution in [3.63, 3.8) is 0 Å². The Morgan fingerprint density at radius 3 is 2.39 bits per heavy atom. The van der Waals surface area contributed by atoms with E-state index < -0.39 is 0 Å². The first-order chi connectivity index (χ1) is 17.1. The molecular weight excluding hydrogens is 488 g/mol. The Morgan fingerprint density at radius 1 is 0.972 bits per heavy atom. The zero-order chi connectivity index (χ0) is 26.0. The summed E-state index contributed by atoms with van der Waals surface area (Å²) in [7, 11) is 0. The summed E-state index contributed by atoms with van der Waals surface area (Å²) in [6.45, 7) is 9.91. The Bertz CT molecular complexity index is 1390. The smallest absolute Gasteiger partial charge is 0.270 e. The van der Waals surface area contributed by atoms with Gasteiger partial charge in [0.25, 0.3) is 11.8 Å². The minimum absolute atomic E-state index is 0.120. The molecule has 0 aliphatic carbocycles. The van der Waals surface area contributed by atoms with Crippen LogP contribution in [-0.2, 0) is 9.59 Å². The molecule has 4 rings (SSSR count). The molecule has 0 saturated carbocycles. The van der Waals surface area contributed by atoms with Gasteiger partial charge in [0.05, 0.1) is 10.6 Å². The minimum atomic E-state index is -0.232. The van der Waals surface area contributed by atoms with E-state index in [4.69, 9.17) is 17.0 Å². The number of ether oxygens (including phenoxy) is 1. The fourth-order valence-corrected chi connectivity index (χ4v) is 5.40. The van der Waals surface area contributed by atoms with E-state index in [0.717, 1.165) is 44.8 Å². The van der Waals surface area contributed by atoms with E-state index in [2.05, 4.69) is 5.32 Å². The second-order valence-corrected chi connectivity index (χ2v) is 10.6. The normalized spacial score (nSPS) is 14.5. The van der Waals surface area contributed by atoms with Crippen molar-refractivity contribution in [2.45, 2.75) is 34.6 Å². The number of hydrogen-bond donors (Lipinski definition) is 1. The number of carbonyl (C=O) groups excluding carboxylic acids is 2. The van der Waals surface area contributed by atoms with Gasteiger partial charge in [-0.15, -0.1) is 0 Å². The molecule has 1 aliphatic heterocycles. The molecule has 1 saturated heterocycles. The second-order valence-electron chi connectivity index (χ2n) is 8.97. The molecule has 0 aromatic heterocycles. The number of nitrogens with zero attached hydrogens (tertiary/aromatic N) is 1. The number of amides is 2. The molecule has 36 heavy (non-hydrogen) atoms. The maximum atomic E-state index is 13.1. The average molecular weight is 517 g/mol. The van der Waals surface area contributed by atoms with Crippen LogP contribution < -0.4 is 15.0 Å². The third kappa shape index (κ3) is 5.69. The van der Waals surface area contributed by atoms with E-state index in [-0.39, 0.29) is 18.4 Å². The van der Waals surface area contributed by atoms with Gasteiger partial charge in [-0.05, 0) is 92.8 Å². The van der Waals surface area contributed by atoms with Crippen molar-refractivity contribution in [3.05, 3.63) is 92.9 Å². The molecule has 1 N–H and O–H groups in total. The third-order valence-electron chi connectivity index (χ3n) is 6.01. The van der Waals surface area contributed by atoms with Crippen LogP contribution in [0.25, 0.3) is 6.08 Å². The molecule has 1 aliphatic rings. The lowest BCUT2D eigenvalue weighted by Gasteiger charge is -2.16. The number of aryl methyl sites for hydroxylation is 5. The Kier molecular flexibility index (Phi) is 7.62. The lowest BCUT2D eigenvalue weighted by molar-refractivity contribution is -0.118. The third-order valence-corrected chi connectivity index (χ3v) is 7.31.